The molecule has 3 heterocycles. The van der Waals surface area contributed by atoms with Crippen LogP contribution < -0.4 is 10.1 Å². The molecule has 1 aromatic heterocycles. The van der Waals surface area contributed by atoms with Gasteiger partial charge in [-0.05, 0) is 55.9 Å². The summed E-state index contributed by atoms with van der Waals surface area (Å²) in [6.45, 7) is 8.34. The van der Waals surface area contributed by atoms with E-state index in [2.05, 4.69) is 21.9 Å². The first kappa shape index (κ1) is 28.0. The van der Waals surface area contributed by atoms with E-state index in [0.717, 1.165) is 12.8 Å². The van der Waals surface area contributed by atoms with Gasteiger partial charge in [0.05, 0.1) is 12.1 Å². The van der Waals surface area contributed by atoms with Gasteiger partial charge in [-0.2, -0.15) is 0 Å². The number of carbonyl (C=O) groups excluding carboxylic acids is 2. The third-order valence-electron chi connectivity index (χ3n) is 7.35. The minimum atomic E-state index is -4.80. The number of benzene rings is 1. The van der Waals surface area contributed by atoms with Gasteiger partial charge in [-0.25, -0.2) is 0 Å². The summed E-state index contributed by atoms with van der Waals surface area (Å²) < 4.78 is 48.5. The minimum Gasteiger partial charge on any atom is -0.460 e. The Morgan fingerprint density at radius 3 is 2.50 bits per heavy atom. The SMILES string of the molecule is CCCCN1C(=O)C(CC(C)C)NC(=O)C12CCN(Cc1ccc(-c3ccccc3OC(F)(F)F)o1)CC2. The normalized spacial score (nSPS) is 20.3. The smallest absolute Gasteiger partial charge is 0.460 e. The fourth-order valence-electron chi connectivity index (χ4n) is 5.44. The van der Waals surface area contributed by atoms with Crippen LogP contribution in [0.15, 0.2) is 40.8 Å². The number of piperazine rings is 1. The van der Waals surface area contributed by atoms with Crippen molar-refractivity contribution >= 4 is 11.8 Å². The van der Waals surface area contributed by atoms with Crippen LogP contribution in [0.4, 0.5) is 13.2 Å². The zero-order valence-electron chi connectivity index (χ0n) is 22.1. The fraction of sp³-hybridized carbons (Fsp3) is 0.571. The number of nitrogens with zero attached hydrogens (tertiary/aromatic N) is 2. The molecule has 7 nitrogen and oxygen atoms in total. The zero-order chi connectivity index (χ0) is 27.5. The highest BCUT2D eigenvalue weighted by molar-refractivity contribution is 6.00. The van der Waals surface area contributed by atoms with Crippen molar-refractivity contribution in [2.24, 2.45) is 5.92 Å². The number of rotatable bonds is 9. The maximum absolute atomic E-state index is 13.4. The summed E-state index contributed by atoms with van der Waals surface area (Å²) in [5.41, 5.74) is -0.633. The monoisotopic (exact) mass is 535 g/mol. The number of nitrogens with one attached hydrogen (secondary N) is 1. The molecule has 0 aliphatic carbocycles. The molecule has 0 bridgehead atoms. The van der Waals surface area contributed by atoms with E-state index in [9.17, 15) is 22.8 Å². The summed E-state index contributed by atoms with van der Waals surface area (Å²) in [5, 5.41) is 3.01. The fourth-order valence-corrected chi connectivity index (χ4v) is 5.44. The first-order valence-electron chi connectivity index (χ1n) is 13.3. The number of amides is 2. The van der Waals surface area contributed by atoms with Crippen molar-refractivity contribution in [2.75, 3.05) is 19.6 Å². The lowest BCUT2D eigenvalue weighted by Gasteiger charge is -2.51. The van der Waals surface area contributed by atoms with E-state index >= 15 is 0 Å². The number of alkyl halides is 3. The first-order chi connectivity index (χ1) is 18.0. The van der Waals surface area contributed by atoms with Crippen LogP contribution >= 0.6 is 0 Å². The Balaban J connectivity index is 1.44. The van der Waals surface area contributed by atoms with Crippen molar-refractivity contribution in [3.05, 3.63) is 42.2 Å². The summed E-state index contributed by atoms with van der Waals surface area (Å²) in [5.74, 6) is 0.792. The highest BCUT2D eigenvalue weighted by atomic mass is 19.4. The predicted molar refractivity (Wildman–Crippen MR) is 136 cm³/mol. The largest absolute Gasteiger partial charge is 0.573 e. The first-order valence-corrected chi connectivity index (χ1v) is 13.3. The van der Waals surface area contributed by atoms with Crippen LogP contribution in [0.3, 0.4) is 0 Å². The van der Waals surface area contributed by atoms with Gasteiger partial charge in [0.25, 0.3) is 0 Å². The topological polar surface area (TPSA) is 75.0 Å². The van der Waals surface area contributed by atoms with Crippen molar-refractivity contribution in [1.29, 1.82) is 0 Å². The number of hydrogen-bond acceptors (Lipinski definition) is 5. The predicted octanol–water partition coefficient (Wildman–Crippen LogP) is 5.35. The number of ether oxygens (including phenoxy) is 1. The van der Waals surface area contributed by atoms with Gasteiger partial charge in [-0.3, -0.25) is 14.5 Å². The average molecular weight is 536 g/mol. The second-order valence-electron chi connectivity index (χ2n) is 10.6. The Hall–Kier alpha value is -3.01. The Kier molecular flexibility index (Phi) is 8.40. The molecule has 1 unspecified atom stereocenters. The van der Waals surface area contributed by atoms with E-state index in [0.29, 0.717) is 57.1 Å². The lowest BCUT2D eigenvalue weighted by atomic mass is 9.80. The van der Waals surface area contributed by atoms with E-state index in [4.69, 9.17) is 4.42 Å². The molecular weight excluding hydrogens is 499 g/mol. The number of halogens is 3. The zero-order valence-corrected chi connectivity index (χ0v) is 22.1. The van der Waals surface area contributed by atoms with E-state index in [1.165, 1.54) is 18.2 Å². The molecule has 2 fully saturated rings. The van der Waals surface area contributed by atoms with Crippen LogP contribution in [-0.2, 0) is 16.1 Å². The summed E-state index contributed by atoms with van der Waals surface area (Å²) in [6.07, 6.45) is -1.39. The van der Waals surface area contributed by atoms with Crippen LogP contribution in [0.25, 0.3) is 11.3 Å². The molecule has 2 saturated heterocycles. The Labute approximate surface area is 221 Å². The van der Waals surface area contributed by atoms with Crippen molar-refractivity contribution in [2.45, 2.75) is 77.4 Å². The van der Waals surface area contributed by atoms with Crippen LogP contribution in [0.2, 0.25) is 0 Å². The van der Waals surface area contributed by atoms with Gasteiger partial charge in [-0.1, -0.05) is 39.3 Å². The quantitative estimate of drug-likeness (QED) is 0.469. The Bertz CT molecular complexity index is 1120. The molecule has 4 rings (SSSR count). The molecule has 2 aliphatic rings. The highest BCUT2D eigenvalue weighted by Gasteiger charge is 2.53. The summed E-state index contributed by atoms with van der Waals surface area (Å²) in [7, 11) is 0. The van der Waals surface area contributed by atoms with E-state index < -0.39 is 17.9 Å². The second kappa shape index (κ2) is 11.4. The van der Waals surface area contributed by atoms with Gasteiger partial charge in [0, 0.05) is 19.6 Å². The molecule has 10 heteroatoms. The van der Waals surface area contributed by atoms with Gasteiger partial charge in [0.15, 0.2) is 0 Å². The molecule has 1 spiro atoms. The van der Waals surface area contributed by atoms with Gasteiger partial charge in [0.1, 0.15) is 28.9 Å². The maximum atomic E-state index is 13.4. The van der Waals surface area contributed by atoms with Gasteiger partial charge in [-0.15, -0.1) is 13.2 Å². The van der Waals surface area contributed by atoms with Crippen molar-refractivity contribution in [1.82, 2.24) is 15.1 Å². The second-order valence-corrected chi connectivity index (χ2v) is 10.6. The van der Waals surface area contributed by atoms with Crippen LogP contribution in [-0.4, -0.2) is 59.2 Å². The molecule has 1 aromatic carbocycles. The molecule has 208 valence electrons. The van der Waals surface area contributed by atoms with Crippen LogP contribution in [0.5, 0.6) is 5.75 Å². The number of unbranched alkanes of at least 4 members (excludes halogenated alkanes) is 1. The van der Waals surface area contributed by atoms with E-state index in [1.807, 2.05) is 18.7 Å². The van der Waals surface area contributed by atoms with E-state index in [1.54, 1.807) is 18.2 Å². The van der Waals surface area contributed by atoms with Crippen molar-refractivity contribution in [3.8, 4) is 17.1 Å². The number of piperidine rings is 1. The number of likely N-dealkylation sites (tertiary alicyclic amines) is 1. The molecular formula is C28H36F3N3O4. The summed E-state index contributed by atoms with van der Waals surface area (Å²) >= 11 is 0. The Morgan fingerprint density at radius 1 is 1.13 bits per heavy atom. The molecule has 2 amide bonds. The molecule has 0 saturated carbocycles. The molecule has 38 heavy (non-hydrogen) atoms. The maximum Gasteiger partial charge on any atom is 0.573 e. The summed E-state index contributed by atoms with van der Waals surface area (Å²) in [6, 6.07) is 8.76. The molecule has 1 atom stereocenters. The molecule has 2 aliphatic heterocycles. The van der Waals surface area contributed by atoms with Crippen LogP contribution in [0.1, 0.15) is 58.6 Å². The van der Waals surface area contributed by atoms with Crippen molar-refractivity contribution in [3.63, 3.8) is 0 Å². The number of furan rings is 1. The van der Waals surface area contributed by atoms with Crippen molar-refractivity contribution < 1.29 is 31.9 Å². The summed E-state index contributed by atoms with van der Waals surface area (Å²) in [4.78, 5) is 30.8. The standard InChI is InChI=1S/C28H36F3N3O4/c1-4-5-14-34-25(35)22(17-19(2)3)32-26(36)27(34)12-15-33(16-13-27)18-20-10-11-23(37-20)21-8-6-7-9-24(21)38-28(29,30)31/h6-11,19,22H,4-5,12-18H2,1-3H3,(H,32,36). The Morgan fingerprint density at radius 2 is 1.84 bits per heavy atom. The molecule has 1 N–H and O–H groups in total. The van der Waals surface area contributed by atoms with Gasteiger partial charge in [0.2, 0.25) is 11.8 Å². The third kappa shape index (κ3) is 6.17. The average Bonchev–Trinajstić information content (AvgIpc) is 3.31. The number of carbonyl (C=O) groups is 2. The van der Waals surface area contributed by atoms with Crippen LogP contribution in [0, 0.1) is 5.92 Å². The lowest BCUT2D eigenvalue weighted by Crippen LogP contribution is -2.73. The van der Waals surface area contributed by atoms with Gasteiger partial charge < -0.3 is 19.4 Å². The highest BCUT2D eigenvalue weighted by Crippen LogP contribution is 2.37. The van der Waals surface area contributed by atoms with E-state index in [-0.39, 0.29) is 28.9 Å². The third-order valence-corrected chi connectivity index (χ3v) is 7.35. The molecule has 2 aromatic rings. The van der Waals surface area contributed by atoms with Gasteiger partial charge >= 0.3 is 6.36 Å². The number of para-hydroxylation sites is 1. The molecule has 0 radical (unpaired) electrons. The minimum absolute atomic E-state index is 0.00983. The number of hydrogen-bond donors (Lipinski definition) is 1. The lowest BCUT2D eigenvalue weighted by molar-refractivity contribution is -0.274.